The van der Waals surface area contributed by atoms with Crippen molar-refractivity contribution in [3.63, 3.8) is 0 Å². The number of phenolic OH excluding ortho intramolecular Hbond substituents is 1. The van der Waals surface area contributed by atoms with E-state index >= 15 is 0 Å². The second-order valence-electron chi connectivity index (χ2n) is 12.4. The standard InChI is InChI=1S/C44H40O3/c1-3-31-12-14-32(15-13-31)20-21-35-28-38(47-30-34-18-16-33(17-19-34)29-46-2)26-27-41(35)44(36-22-24-37(45)25-23-36)42-10-6-4-8-39(42)40-9-5-7-11-43(40)44/h4-19,22-28,45H,3,20-21,29-30H2,1-2H3. The summed E-state index contributed by atoms with van der Waals surface area (Å²) < 4.78 is 11.7. The minimum Gasteiger partial charge on any atom is -0.508 e. The lowest BCUT2D eigenvalue weighted by atomic mass is 9.66. The summed E-state index contributed by atoms with van der Waals surface area (Å²) in [6.07, 6.45) is 2.80. The second-order valence-corrected chi connectivity index (χ2v) is 12.4. The summed E-state index contributed by atoms with van der Waals surface area (Å²) >= 11 is 0. The lowest BCUT2D eigenvalue weighted by Gasteiger charge is -2.36. The molecule has 0 saturated heterocycles. The van der Waals surface area contributed by atoms with Gasteiger partial charge in [-0.25, -0.2) is 0 Å². The molecule has 0 saturated carbocycles. The molecule has 234 valence electrons. The topological polar surface area (TPSA) is 38.7 Å². The van der Waals surface area contributed by atoms with Crippen LogP contribution in [0.25, 0.3) is 11.1 Å². The number of phenols is 1. The zero-order valence-corrected chi connectivity index (χ0v) is 27.1. The van der Waals surface area contributed by atoms with Crippen molar-refractivity contribution in [2.75, 3.05) is 7.11 Å². The van der Waals surface area contributed by atoms with Gasteiger partial charge in [0.25, 0.3) is 0 Å². The van der Waals surface area contributed by atoms with Gasteiger partial charge in [0.15, 0.2) is 0 Å². The lowest BCUT2D eigenvalue weighted by Crippen LogP contribution is -2.30. The van der Waals surface area contributed by atoms with Gasteiger partial charge in [0.2, 0.25) is 0 Å². The molecule has 0 fully saturated rings. The Balaban J connectivity index is 1.35. The van der Waals surface area contributed by atoms with Gasteiger partial charge in [0.1, 0.15) is 18.1 Å². The average molecular weight is 617 g/mol. The summed E-state index contributed by atoms with van der Waals surface area (Å²) in [4.78, 5) is 0. The van der Waals surface area contributed by atoms with Crippen LogP contribution in [0.4, 0.5) is 0 Å². The van der Waals surface area contributed by atoms with E-state index < -0.39 is 5.41 Å². The highest BCUT2D eigenvalue weighted by molar-refractivity contribution is 5.86. The van der Waals surface area contributed by atoms with Gasteiger partial charge in [-0.1, -0.05) is 122 Å². The number of fused-ring (bicyclic) bond motifs is 3. The van der Waals surface area contributed by atoms with Crippen LogP contribution in [0.3, 0.4) is 0 Å². The van der Waals surface area contributed by atoms with Crippen LogP contribution in [0, 0.1) is 0 Å². The van der Waals surface area contributed by atoms with Crippen molar-refractivity contribution in [1.29, 1.82) is 0 Å². The molecule has 0 bridgehead atoms. The maximum Gasteiger partial charge on any atom is 0.120 e. The van der Waals surface area contributed by atoms with E-state index in [1.165, 1.54) is 44.5 Å². The molecule has 0 spiro atoms. The highest BCUT2D eigenvalue weighted by Gasteiger charge is 2.46. The lowest BCUT2D eigenvalue weighted by molar-refractivity contribution is 0.185. The predicted molar refractivity (Wildman–Crippen MR) is 190 cm³/mol. The number of hydrogen-bond acceptors (Lipinski definition) is 3. The number of aryl methyl sites for hydroxylation is 3. The van der Waals surface area contributed by atoms with E-state index in [9.17, 15) is 5.11 Å². The summed E-state index contributed by atoms with van der Waals surface area (Å²) in [6, 6.07) is 49.4. The molecule has 0 atom stereocenters. The third kappa shape index (κ3) is 5.84. The summed E-state index contributed by atoms with van der Waals surface area (Å²) in [7, 11) is 1.72. The van der Waals surface area contributed by atoms with Crippen molar-refractivity contribution in [2.24, 2.45) is 0 Å². The van der Waals surface area contributed by atoms with Crippen molar-refractivity contribution >= 4 is 0 Å². The highest BCUT2D eigenvalue weighted by atomic mass is 16.5. The van der Waals surface area contributed by atoms with Crippen LogP contribution in [0.15, 0.2) is 140 Å². The minimum atomic E-state index is -0.558. The zero-order chi connectivity index (χ0) is 32.2. The fourth-order valence-corrected chi connectivity index (χ4v) is 7.22. The van der Waals surface area contributed by atoms with Crippen LogP contribution < -0.4 is 4.74 Å². The van der Waals surface area contributed by atoms with Crippen molar-refractivity contribution in [3.05, 3.63) is 190 Å². The SMILES string of the molecule is CCc1ccc(CCc2cc(OCc3ccc(COC)cc3)ccc2C2(c3ccc(O)cc3)c3ccccc3-c3ccccc32)cc1. The molecule has 1 N–H and O–H groups in total. The van der Waals surface area contributed by atoms with Crippen LogP contribution in [-0.2, 0) is 42.6 Å². The molecule has 1 aliphatic carbocycles. The quantitative estimate of drug-likeness (QED) is 0.157. The number of aromatic hydroxyl groups is 1. The van der Waals surface area contributed by atoms with Crippen molar-refractivity contribution in [2.45, 2.75) is 44.8 Å². The smallest absolute Gasteiger partial charge is 0.120 e. The fourth-order valence-electron chi connectivity index (χ4n) is 7.22. The van der Waals surface area contributed by atoms with Crippen molar-refractivity contribution in [3.8, 4) is 22.6 Å². The average Bonchev–Trinajstić information content (AvgIpc) is 3.42. The molecule has 0 aliphatic heterocycles. The Morgan fingerprint density at radius 1 is 0.553 bits per heavy atom. The summed E-state index contributed by atoms with van der Waals surface area (Å²) in [5.74, 6) is 1.12. The molecule has 47 heavy (non-hydrogen) atoms. The first-order valence-corrected chi connectivity index (χ1v) is 16.5. The molecular formula is C44H40O3. The van der Waals surface area contributed by atoms with E-state index in [-0.39, 0.29) is 5.75 Å². The monoisotopic (exact) mass is 616 g/mol. The summed E-state index contributed by atoms with van der Waals surface area (Å²) in [5, 5.41) is 10.4. The minimum absolute atomic E-state index is 0.262. The largest absolute Gasteiger partial charge is 0.508 e. The van der Waals surface area contributed by atoms with E-state index in [1.54, 1.807) is 7.11 Å². The summed E-state index contributed by atoms with van der Waals surface area (Å²) in [6.45, 7) is 3.28. The number of ether oxygens (including phenoxy) is 2. The van der Waals surface area contributed by atoms with E-state index in [1.807, 2.05) is 12.1 Å². The van der Waals surface area contributed by atoms with Crippen LogP contribution in [-0.4, -0.2) is 12.2 Å². The van der Waals surface area contributed by atoms with Crippen LogP contribution in [0.2, 0.25) is 0 Å². The third-order valence-electron chi connectivity index (χ3n) is 9.59. The number of benzene rings is 6. The fraction of sp³-hybridized carbons (Fsp3) is 0.182. The van der Waals surface area contributed by atoms with Gasteiger partial charge in [-0.15, -0.1) is 0 Å². The Morgan fingerprint density at radius 3 is 1.74 bits per heavy atom. The maximum atomic E-state index is 10.4. The number of methoxy groups -OCH3 is 1. The Bertz CT molecular complexity index is 1930. The van der Waals surface area contributed by atoms with Gasteiger partial charge in [-0.3, -0.25) is 0 Å². The molecule has 3 nitrogen and oxygen atoms in total. The predicted octanol–water partition coefficient (Wildman–Crippen LogP) is 9.83. The molecule has 7 rings (SSSR count). The highest BCUT2D eigenvalue weighted by Crippen LogP contribution is 2.57. The molecule has 0 radical (unpaired) electrons. The van der Waals surface area contributed by atoms with E-state index in [4.69, 9.17) is 9.47 Å². The van der Waals surface area contributed by atoms with E-state index in [0.717, 1.165) is 41.7 Å². The first-order chi connectivity index (χ1) is 23.1. The second kappa shape index (κ2) is 13.3. The normalized spacial score (nSPS) is 12.8. The molecular weight excluding hydrogens is 576 g/mol. The number of rotatable bonds is 11. The molecule has 6 aromatic carbocycles. The molecule has 3 heteroatoms. The van der Waals surface area contributed by atoms with E-state index in [2.05, 4.69) is 134 Å². The van der Waals surface area contributed by atoms with Gasteiger partial charge in [0.05, 0.1) is 12.0 Å². The van der Waals surface area contributed by atoms with Crippen LogP contribution in [0.5, 0.6) is 11.5 Å². The Morgan fingerprint density at radius 2 is 1.13 bits per heavy atom. The van der Waals surface area contributed by atoms with Gasteiger partial charge in [-0.05, 0) is 105 Å². The third-order valence-corrected chi connectivity index (χ3v) is 9.59. The van der Waals surface area contributed by atoms with Crippen molar-refractivity contribution < 1.29 is 14.6 Å². The Hall–Kier alpha value is -5.12. The van der Waals surface area contributed by atoms with Crippen molar-refractivity contribution in [1.82, 2.24) is 0 Å². The van der Waals surface area contributed by atoms with E-state index in [0.29, 0.717) is 13.2 Å². The first-order valence-electron chi connectivity index (χ1n) is 16.5. The zero-order valence-electron chi connectivity index (χ0n) is 27.1. The van der Waals surface area contributed by atoms with Gasteiger partial charge >= 0.3 is 0 Å². The molecule has 0 amide bonds. The summed E-state index contributed by atoms with van der Waals surface area (Å²) in [5.41, 5.74) is 13.0. The maximum absolute atomic E-state index is 10.4. The molecule has 1 aliphatic rings. The van der Waals surface area contributed by atoms with Gasteiger partial charge in [0, 0.05) is 7.11 Å². The molecule has 0 aromatic heterocycles. The molecule has 0 heterocycles. The van der Waals surface area contributed by atoms with Gasteiger partial charge in [-0.2, -0.15) is 0 Å². The Kier molecular flexibility index (Phi) is 8.65. The van der Waals surface area contributed by atoms with Gasteiger partial charge < -0.3 is 14.6 Å². The number of hydrogen-bond donors (Lipinski definition) is 1. The molecule has 6 aromatic rings. The Labute approximate surface area is 278 Å². The van der Waals surface area contributed by atoms with Crippen LogP contribution in [0.1, 0.15) is 57.0 Å². The van der Waals surface area contributed by atoms with Crippen LogP contribution >= 0.6 is 0 Å². The first kappa shape index (κ1) is 30.5. The molecule has 0 unspecified atom stereocenters.